The van der Waals surface area contributed by atoms with Gasteiger partial charge in [-0.15, -0.1) is 0 Å². The van der Waals surface area contributed by atoms with E-state index in [2.05, 4.69) is 20.3 Å². The standard InChI is InChI=1S/C14H14N4O/c1-9(13-16-6-7-17-13)18-14-12-8-11(19)3-2-10(12)4-5-15-14/h2-9,19H,1H3,(H,15,18)(H,16,17). The number of anilines is 1. The van der Waals surface area contributed by atoms with Gasteiger partial charge in [0.15, 0.2) is 0 Å². The van der Waals surface area contributed by atoms with Crippen LogP contribution in [0.4, 0.5) is 5.82 Å². The Bertz CT molecular complexity index is 694. The number of imidazole rings is 1. The molecule has 0 aliphatic rings. The van der Waals surface area contributed by atoms with Crippen LogP contribution in [0.15, 0.2) is 42.9 Å². The van der Waals surface area contributed by atoms with E-state index in [0.29, 0.717) is 0 Å². The Balaban J connectivity index is 1.98. The second-order valence-electron chi connectivity index (χ2n) is 4.41. The summed E-state index contributed by atoms with van der Waals surface area (Å²) in [6, 6.07) is 7.17. The highest BCUT2D eigenvalue weighted by Crippen LogP contribution is 2.27. The molecule has 0 fully saturated rings. The summed E-state index contributed by atoms with van der Waals surface area (Å²) in [5, 5.41) is 14.8. The normalized spacial score (nSPS) is 12.5. The minimum Gasteiger partial charge on any atom is -0.508 e. The zero-order valence-corrected chi connectivity index (χ0v) is 10.5. The van der Waals surface area contributed by atoms with Crippen molar-refractivity contribution in [2.45, 2.75) is 13.0 Å². The van der Waals surface area contributed by atoms with E-state index < -0.39 is 0 Å². The van der Waals surface area contributed by atoms with Crippen molar-refractivity contribution >= 4 is 16.6 Å². The van der Waals surface area contributed by atoms with Crippen LogP contribution in [0.1, 0.15) is 18.8 Å². The molecule has 3 rings (SSSR count). The number of phenols is 1. The van der Waals surface area contributed by atoms with Gasteiger partial charge < -0.3 is 15.4 Å². The van der Waals surface area contributed by atoms with Gasteiger partial charge in [-0.1, -0.05) is 6.07 Å². The third-order valence-electron chi connectivity index (χ3n) is 3.03. The van der Waals surface area contributed by atoms with Gasteiger partial charge in [0.2, 0.25) is 0 Å². The molecule has 96 valence electrons. The first kappa shape index (κ1) is 11.5. The number of phenolic OH excluding ortho intramolecular Hbond substituents is 1. The van der Waals surface area contributed by atoms with E-state index in [9.17, 15) is 5.11 Å². The highest BCUT2D eigenvalue weighted by atomic mass is 16.3. The van der Waals surface area contributed by atoms with Crippen molar-refractivity contribution < 1.29 is 5.11 Å². The SMILES string of the molecule is CC(Nc1nccc2ccc(O)cc12)c1ncc[nH]1. The summed E-state index contributed by atoms with van der Waals surface area (Å²) in [5.74, 6) is 1.81. The predicted molar refractivity (Wildman–Crippen MR) is 74.0 cm³/mol. The van der Waals surface area contributed by atoms with Crippen molar-refractivity contribution in [1.29, 1.82) is 0 Å². The molecule has 3 aromatic rings. The first-order valence-electron chi connectivity index (χ1n) is 6.07. The number of fused-ring (bicyclic) bond motifs is 1. The molecule has 0 spiro atoms. The molecule has 0 aliphatic carbocycles. The minimum atomic E-state index is 0.00967. The van der Waals surface area contributed by atoms with E-state index in [1.54, 1.807) is 30.7 Å². The maximum absolute atomic E-state index is 9.60. The van der Waals surface area contributed by atoms with Crippen LogP contribution < -0.4 is 5.32 Å². The molecule has 2 heterocycles. The Labute approximate surface area is 110 Å². The number of pyridine rings is 1. The van der Waals surface area contributed by atoms with Crippen molar-refractivity contribution in [1.82, 2.24) is 15.0 Å². The van der Waals surface area contributed by atoms with Crippen molar-refractivity contribution in [2.24, 2.45) is 0 Å². The molecule has 0 saturated heterocycles. The van der Waals surface area contributed by atoms with Crippen molar-refractivity contribution in [2.75, 3.05) is 5.32 Å². The molecule has 5 heteroatoms. The Kier molecular flexibility index (Phi) is 2.79. The number of aromatic amines is 1. The summed E-state index contributed by atoms with van der Waals surface area (Å²) >= 11 is 0. The van der Waals surface area contributed by atoms with Crippen molar-refractivity contribution in [3.8, 4) is 5.75 Å². The molecule has 0 amide bonds. The van der Waals surface area contributed by atoms with Gasteiger partial charge in [-0.05, 0) is 30.5 Å². The summed E-state index contributed by atoms with van der Waals surface area (Å²) in [5.41, 5.74) is 0. The van der Waals surface area contributed by atoms with Crippen LogP contribution in [0.25, 0.3) is 10.8 Å². The summed E-state index contributed by atoms with van der Waals surface area (Å²) in [4.78, 5) is 11.6. The first-order chi connectivity index (χ1) is 9.24. The number of hydrogen-bond acceptors (Lipinski definition) is 4. The quantitative estimate of drug-likeness (QED) is 0.672. The molecule has 1 atom stereocenters. The van der Waals surface area contributed by atoms with Crippen molar-refractivity contribution in [3.05, 3.63) is 48.7 Å². The van der Waals surface area contributed by atoms with Crippen LogP contribution >= 0.6 is 0 Å². The molecule has 3 N–H and O–H groups in total. The zero-order chi connectivity index (χ0) is 13.2. The van der Waals surface area contributed by atoms with Crippen LogP contribution in [0.3, 0.4) is 0 Å². The molecule has 0 radical (unpaired) electrons. The fraction of sp³-hybridized carbons (Fsp3) is 0.143. The lowest BCUT2D eigenvalue weighted by Gasteiger charge is -2.14. The van der Waals surface area contributed by atoms with Gasteiger partial charge in [0.05, 0.1) is 6.04 Å². The average molecular weight is 254 g/mol. The molecular weight excluding hydrogens is 240 g/mol. The smallest absolute Gasteiger partial charge is 0.134 e. The molecule has 5 nitrogen and oxygen atoms in total. The van der Waals surface area contributed by atoms with E-state index in [4.69, 9.17) is 0 Å². The number of nitrogens with one attached hydrogen (secondary N) is 2. The topological polar surface area (TPSA) is 73.8 Å². The molecule has 1 aromatic carbocycles. The van der Waals surface area contributed by atoms with Gasteiger partial charge in [-0.3, -0.25) is 0 Å². The molecule has 0 saturated carbocycles. The highest BCUT2D eigenvalue weighted by Gasteiger charge is 2.10. The van der Waals surface area contributed by atoms with E-state index in [0.717, 1.165) is 22.4 Å². The number of aromatic hydroxyl groups is 1. The van der Waals surface area contributed by atoms with Crippen LogP contribution in [0, 0.1) is 0 Å². The maximum Gasteiger partial charge on any atom is 0.134 e. The monoisotopic (exact) mass is 254 g/mol. The van der Waals surface area contributed by atoms with E-state index in [1.165, 1.54) is 0 Å². The highest BCUT2D eigenvalue weighted by molar-refractivity contribution is 5.92. The van der Waals surface area contributed by atoms with Gasteiger partial charge in [-0.25, -0.2) is 9.97 Å². The number of rotatable bonds is 3. The summed E-state index contributed by atoms with van der Waals surface area (Å²) in [7, 11) is 0. The number of H-pyrrole nitrogens is 1. The van der Waals surface area contributed by atoms with E-state index in [1.807, 2.05) is 19.1 Å². The van der Waals surface area contributed by atoms with Crippen LogP contribution in [0.2, 0.25) is 0 Å². The molecular formula is C14H14N4O. The number of nitrogens with zero attached hydrogens (tertiary/aromatic N) is 2. The number of hydrogen-bond donors (Lipinski definition) is 3. The fourth-order valence-electron chi connectivity index (χ4n) is 2.06. The van der Waals surface area contributed by atoms with Gasteiger partial charge >= 0.3 is 0 Å². The lowest BCUT2D eigenvalue weighted by molar-refractivity contribution is 0.476. The molecule has 0 aliphatic heterocycles. The third kappa shape index (κ3) is 2.22. The number of aromatic nitrogens is 3. The lowest BCUT2D eigenvalue weighted by Crippen LogP contribution is -2.09. The second-order valence-corrected chi connectivity index (χ2v) is 4.41. The third-order valence-corrected chi connectivity index (χ3v) is 3.03. The van der Waals surface area contributed by atoms with Gasteiger partial charge in [0.25, 0.3) is 0 Å². The Hall–Kier alpha value is -2.56. The Morgan fingerprint density at radius 3 is 2.89 bits per heavy atom. The Morgan fingerprint density at radius 2 is 2.11 bits per heavy atom. The number of benzene rings is 1. The molecule has 19 heavy (non-hydrogen) atoms. The largest absolute Gasteiger partial charge is 0.508 e. The van der Waals surface area contributed by atoms with Gasteiger partial charge in [-0.2, -0.15) is 0 Å². The molecule has 0 bridgehead atoms. The lowest BCUT2D eigenvalue weighted by atomic mass is 10.1. The summed E-state index contributed by atoms with van der Waals surface area (Å²) in [6.07, 6.45) is 5.25. The van der Waals surface area contributed by atoms with E-state index >= 15 is 0 Å². The average Bonchev–Trinajstić information content (AvgIpc) is 2.93. The van der Waals surface area contributed by atoms with Crippen LogP contribution in [-0.2, 0) is 0 Å². The predicted octanol–water partition coefficient (Wildman–Crippen LogP) is 2.84. The molecule has 1 unspecified atom stereocenters. The van der Waals surface area contributed by atoms with Gasteiger partial charge in [0, 0.05) is 24.0 Å². The minimum absolute atomic E-state index is 0.00967. The maximum atomic E-state index is 9.60. The van der Waals surface area contributed by atoms with Crippen LogP contribution in [0.5, 0.6) is 5.75 Å². The summed E-state index contributed by atoms with van der Waals surface area (Å²) in [6.45, 7) is 2.00. The van der Waals surface area contributed by atoms with Gasteiger partial charge in [0.1, 0.15) is 17.4 Å². The first-order valence-corrected chi connectivity index (χ1v) is 6.07. The van der Waals surface area contributed by atoms with Crippen molar-refractivity contribution in [3.63, 3.8) is 0 Å². The summed E-state index contributed by atoms with van der Waals surface area (Å²) < 4.78 is 0. The second kappa shape index (κ2) is 4.61. The Morgan fingerprint density at radius 1 is 1.21 bits per heavy atom. The zero-order valence-electron chi connectivity index (χ0n) is 10.5. The van der Waals surface area contributed by atoms with E-state index in [-0.39, 0.29) is 11.8 Å². The fourth-order valence-corrected chi connectivity index (χ4v) is 2.06. The molecule has 2 aromatic heterocycles. The van der Waals surface area contributed by atoms with Crippen LogP contribution in [-0.4, -0.2) is 20.1 Å².